The van der Waals surface area contributed by atoms with Crippen LogP contribution in [0.5, 0.6) is 0 Å². The number of alkyl halides is 1. The quantitative estimate of drug-likeness (QED) is 0.271. The molecule has 43 heavy (non-hydrogen) atoms. The Morgan fingerprint density at radius 3 is 2.60 bits per heavy atom. The second kappa shape index (κ2) is 11.9. The maximum absolute atomic E-state index is 15.3. The van der Waals surface area contributed by atoms with Crippen molar-refractivity contribution in [1.82, 2.24) is 19.6 Å². The summed E-state index contributed by atoms with van der Waals surface area (Å²) in [5, 5.41) is 13.4. The zero-order valence-corrected chi connectivity index (χ0v) is 24.0. The highest BCUT2D eigenvalue weighted by molar-refractivity contribution is 5.64. The van der Waals surface area contributed by atoms with E-state index in [4.69, 9.17) is 15.7 Å². The van der Waals surface area contributed by atoms with E-state index in [0.29, 0.717) is 56.7 Å². The van der Waals surface area contributed by atoms with Crippen molar-refractivity contribution in [3.05, 3.63) is 77.5 Å². The molecular weight excluding hydrogens is 555 g/mol. The number of anilines is 1. The standard InChI is InChI=1S/C32H34F3N7O/c1-20-18-41(19-26(37)31(20)43-12-4-10-36)28-7-11-38-16-21(28)13-29-39-17-23-5-6-27(40-42(23)29)30-24(33)14-22(15-25(30)34)32(35)8-2-3-9-32/h5-7,11,14-17,20,26,31H,2-4,8-9,12-13,18-19,37H2,1H3/t20-,26+,31-/m0/s1. The van der Waals surface area contributed by atoms with Gasteiger partial charge in [-0.15, -0.1) is 0 Å². The number of benzene rings is 1. The van der Waals surface area contributed by atoms with Gasteiger partial charge in [0.1, 0.15) is 23.1 Å². The van der Waals surface area contributed by atoms with Crippen LogP contribution in [0.3, 0.4) is 0 Å². The molecule has 4 aromatic rings. The first kappa shape index (κ1) is 29.1. The molecule has 3 aromatic heterocycles. The van der Waals surface area contributed by atoms with Crippen LogP contribution in [-0.4, -0.2) is 51.4 Å². The number of nitrogens with zero attached hydrogens (tertiary/aromatic N) is 6. The van der Waals surface area contributed by atoms with Gasteiger partial charge in [0.2, 0.25) is 0 Å². The van der Waals surface area contributed by atoms with Crippen LogP contribution < -0.4 is 10.6 Å². The molecule has 0 amide bonds. The average Bonchev–Trinajstić information content (AvgIpc) is 3.61. The summed E-state index contributed by atoms with van der Waals surface area (Å²) < 4.78 is 53.4. The molecule has 1 saturated heterocycles. The van der Waals surface area contributed by atoms with Crippen molar-refractivity contribution < 1.29 is 17.9 Å². The molecule has 1 aliphatic carbocycles. The molecule has 6 rings (SSSR count). The summed E-state index contributed by atoms with van der Waals surface area (Å²) in [7, 11) is 0. The number of ether oxygens (including phenoxy) is 1. The molecule has 1 aromatic carbocycles. The van der Waals surface area contributed by atoms with E-state index in [1.54, 1.807) is 35.2 Å². The SMILES string of the molecule is C[C@H]1CN(c2ccncc2Cc2ncc3ccc(-c4c(F)cc(C5(F)CCCC5)cc4F)nn23)C[C@@H](N)[C@H]1OCCC#N. The lowest BCUT2D eigenvalue weighted by atomic mass is 9.91. The van der Waals surface area contributed by atoms with E-state index in [9.17, 15) is 0 Å². The highest BCUT2D eigenvalue weighted by Gasteiger charge is 2.37. The zero-order chi connectivity index (χ0) is 30.1. The molecule has 0 radical (unpaired) electrons. The highest BCUT2D eigenvalue weighted by atomic mass is 19.1. The Bertz CT molecular complexity index is 1630. The van der Waals surface area contributed by atoms with Crippen molar-refractivity contribution in [3.8, 4) is 17.3 Å². The molecule has 1 saturated carbocycles. The van der Waals surface area contributed by atoms with Crippen LogP contribution in [0.15, 0.2) is 48.9 Å². The first-order chi connectivity index (χ1) is 20.8. The number of piperidine rings is 1. The van der Waals surface area contributed by atoms with Gasteiger partial charge in [-0.2, -0.15) is 10.4 Å². The number of hydrogen-bond donors (Lipinski definition) is 1. The molecule has 0 unspecified atom stereocenters. The smallest absolute Gasteiger partial charge is 0.136 e. The number of aromatic nitrogens is 4. The third-order valence-corrected chi connectivity index (χ3v) is 8.68. The molecule has 3 atom stereocenters. The number of nitrogens with two attached hydrogens (primary N) is 1. The maximum Gasteiger partial charge on any atom is 0.136 e. The van der Waals surface area contributed by atoms with Gasteiger partial charge in [-0.05, 0) is 61.6 Å². The van der Waals surface area contributed by atoms with Gasteiger partial charge in [-0.3, -0.25) is 4.98 Å². The minimum absolute atomic E-state index is 0.0454. The summed E-state index contributed by atoms with van der Waals surface area (Å²) in [4.78, 5) is 11.1. The summed E-state index contributed by atoms with van der Waals surface area (Å²) >= 11 is 0. The molecule has 0 spiro atoms. The van der Waals surface area contributed by atoms with E-state index >= 15 is 13.2 Å². The van der Waals surface area contributed by atoms with Gasteiger partial charge in [0, 0.05) is 55.1 Å². The topological polar surface area (TPSA) is 105 Å². The number of rotatable bonds is 8. The Balaban J connectivity index is 1.27. The Morgan fingerprint density at radius 2 is 1.88 bits per heavy atom. The predicted molar refractivity (Wildman–Crippen MR) is 156 cm³/mol. The van der Waals surface area contributed by atoms with Gasteiger partial charge in [-0.25, -0.2) is 22.7 Å². The van der Waals surface area contributed by atoms with E-state index in [2.05, 4.69) is 33.0 Å². The molecule has 8 nitrogen and oxygen atoms in total. The Hall–Kier alpha value is -4.01. The van der Waals surface area contributed by atoms with Crippen molar-refractivity contribution in [1.29, 1.82) is 5.26 Å². The third-order valence-electron chi connectivity index (χ3n) is 8.68. The van der Waals surface area contributed by atoms with Crippen molar-refractivity contribution in [3.63, 3.8) is 0 Å². The largest absolute Gasteiger partial charge is 0.375 e. The monoisotopic (exact) mass is 589 g/mol. The summed E-state index contributed by atoms with van der Waals surface area (Å²) in [6, 6.07) is 9.27. The fourth-order valence-electron chi connectivity index (χ4n) is 6.55. The molecule has 0 bridgehead atoms. The lowest BCUT2D eigenvalue weighted by Crippen LogP contribution is -2.57. The van der Waals surface area contributed by atoms with E-state index < -0.39 is 17.3 Å². The van der Waals surface area contributed by atoms with Crippen LogP contribution in [0.4, 0.5) is 18.9 Å². The minimum atomic E-state index is -1.70. The zero-order valence-electron chi connectivity index (χ0n) is 24.0. The van der Waals surface area contributed by atoms with Crippen LogP contribution in [-0.2, 0) is 16.8 Å². The van der Waals surface area contributed by atoms with Gasteiger partial charge >= 0.3 is 0 Å². The second-order valence-corrected chi connectivity index (χ2v) is 11.7. The van der Waals surface area contributed by atoms with Crippen LogP contribution in [0.25, 0.3) is 16.8 Å². The van der Waals surface area contributed by atoms with Gasteiger partial charge < -0.3 is 15.4 Å². The third kappa shape index (κ3) is 5.69. The summed E-state index contributed by atoms with van der Waals surface area (Å²) in [6.07, 6.45) is 7.64. The lowest BCUT2D eigenvalue weighted by Gasteiger charge is -2.42. The Labute approximate surface area is 248 Å². The fourth-order valence-corrected chi connectivity index (χ4v) is 6.55. The van der Waals surface area contributed by atoms with Crippen LogP contribution >= 0.6 is 0 Å². The predicted octanol–water partition coefficient (Wildman–Crippen LogP) is 5.48. The van der Waals surface area contributed by atoms with Crippen LogP contribution in [0.1, 0.15) is 56.0 Å². The molecular formula is C32H34F3N7O. The molecule has 224 valence electrons. The van der Waals surface area contributed by atoms with Gasteiger partial charge in [0.25, 0.3) is 0 Å². The molecule has 2 fully saturated rings. The van der Waals surface area contributed by atoms with E-state index in [0.717, 1.165) is 23.4 Å². The first-order valence-corrected chi connectivity index (χ1v) is 14.7. The Morgan fingerprint density at radius 1 is 1.12 bits per heavy atom. The summed E-state index contributed by atoms with van der Waals surface area (Å²) in [6.45, 7) is 3.72. The maximum atomic E-state index is 15.3. The molecule has 1 aliphatic heterocycles. The fraction of sp³-hybridized carbons (Fsp3) is 0.438. The van der Waals surface area contributed by atoms with Gasteiger partial charge in [0.15, 0.2) is 0 Å². The number of nitriles is 1. The van der Waals surface area contributed by atoms with E-state index in [1.807, 2.05) is 6.07 Å². The number of halogens is 3. The second-order valence-electron chi connectivity index (χ2n) is 11.7. The van der Waals surface area contributed by atoms with Crippen molar-refractivity contribution in [2.45, 2.75) is 63.3 Å². The molecule has 11 heteroatoms. The van der Waals surface area contributed by atoms with E-state index in [-0.39, 0.29) is 47.7 Å². The van der Waals surface area contributed by atoms with Crippen molar-refractivity contribution in [2.24, 2.45) is 11.7 Å². The number of imidazole rings is 1. The van der Waals surface area contributed by atoms with Gasteiger partial charge in [-0.1, -0.05) is 6.92 Å². The summed E-state index contributed by atoms with van der Waals surface area (Å²) in [5.74, 6) is -0.971. The number of fused-ring (bicyclic) bond motifs is 1. The lowest BCUT2D eigenvalue weighted by molar-refractivity contribution is -0.00335. The first-order valence-electron chi connectivity index (χ1n) is 14.7. The Kier molecular flexibility index (Phi) is 8.07. The van der Waals surface area contributed by atoms with E-state index in [1.165, 1.54) is 0 Å². The van der Waals surface area contributed by atoms with Crippen LogP contribution in [0.2, 0.25) is 0 Å². The minimum Gasteiger partial charge on any atom is -0.375 e. The summed E-state index contributed by atoms with van der Waals surface area (Å²) in [5.41, 5.74) is 7.19. The molecule has 2 N–H and O–H groups in total. The molecule has 4 heterocycles. The van der Waals surface area contributed by atoms with Crippen molar-refractivity contribution >= 4 is 11.2 Å². The van der Waals surface area contributed by atoms with Crippen LogP contribution in [0, 0.1) is 28.9 Å². The number of hydrogen-bond acceptors (Lipinski definition) is 7. The normalized spacial score (nSPS) is 21.8. The van der Waals surface area contributed by atoms with Gasteiger partial charge in [0.05, 0.1) is 48.2 Å². The van der Waals surface area contributed by atoms with Crippen molar-refractivity contribution in [2.75, 3.05) is 24.6 Å². The molecule has 2 aliphatic rings. The highest BCUT2D eigenvalue weighted by Crippen LogP contribution is 2.43. The number of pyridine rings is 1. The average molecular weight is 590 g/mol.